The highest BCUT2D eigenvalue weighted by Crippen LogP contribution is 2.31. The van der Waals surface area contributed by atoms with Gasteiger partial charge in [-0.1, -0.05) is 25.1 Å². The Morgan fingerprint density at radius 3 is 2.53 bits per heavy atom. The van der Waals surface area contributed by atoms with E-state index in [1.54, 1.807) is 13.2 Å². The van der Waals surface area contributed by atoms with E-state index < -0.39 is 11.7 Å². The second kappa shape index (κ2) is 6.91. The van der Waals surface area contributed by atoms with Crippen molar-refractivity contribution in [1.29, 1.82) is 0 Å². The lowest BCUT2D eigenvalue weighted by atomic mass is 9.93. The first kappa shape index (κ1) is 16.0. The maximum Gasteiger partial charge on any atom is 0.416 e. The summed E-state index contributed by atoms with van der Waals surface area (Å²) in [5.41, 5.74) is 0.0909. The quantitative estimate of drug-likeness (QED) is 0.803. The van der Waals surface area contributed by atoms with Crippen molar-refractivity contribution < 1.29 is 17.9 Å². The fourth-order valence-electron chi connectivity index (χ4n) is 1.85. The zero-order valence-electron chi connectivity index (χ0n) is 11.4. The molecule has 19 heavy (non-hydrogen) atoms. The fourth-order valence-corrected chi connectivity index (χ4v) is 1.85. The van der Waals surface area contributed by atoms with Gasteiger partial charge in [0.1, 0.15) is 0 Å². The zero-order valence-corrected chi connectivity index (χ0v) is 11.4. The van der Waals surface area contributed by atoms with Gasteiger partial charge in [-0.2, -0.15) is 13.2 Å². The number of nitrogens with one attached hydrogen (secondary N) is 1. The van der Waals surface area contributed by atoms with Gasteiger partial charge in [0.05, 0.1) is 12.2 Å². The third kappa shape index (κ3) is 4.84. The van der Waals surface area contributed by atoms with Crippen LogP contribution in [0, 0.1) is 0 Å². The molecule has 0 aromatic heterocycles. The Kier molecular flexibility index (Phi) is 5.82. The van der Waals surface area contributed by atoms with Crippen LogP contribution in [0.1, 0.15) is 30.9 Å². The van der Waals surface area contributed by atoms with Gasteiger partial charge in [-0.3, -0.25) is 0 Å². The van der Waals surface area contributed by atoms with E-state index in [0.29, 0.717) is 18.7 Å². The number of hydrogen-bond donors (Lipinski definition) is 1. The number of ether oxygens (including phenoxy) is 1. The summed E-state index contributed by atoms with van der Waals surface area (Å²) in [6.07, 6.45) is -4.29. The highest BCUT2D eigenvalue weighted by Gasteiger charge is 2.31. The smallest absolute Gasteiger partial charge is 0.383 e. The molecule has 0 radical (unpaired) electrons. The maximum absolute atomic E-state index is 12.6. The van der Waals surface area contributed by atoms with Gasteiger partial charge in [0.25, 0.3) is 0 Å². The number of halogens is 3. The standard InChI is InChI=1S/C14H20F3NO/c1-10(11(2)18-7-8-19-3)12-5-4-6-13(9-12)14(15,16)17/h4-6,9-11,18H,7-8H2,1-3H3. The van der Waals surface area contributed by atoms with Gasteiger partial charge in [0.15, 0.2) is 0 Å². The molecule has 0 bridgehead atoms. The average molecular weight is 275 g/mol. The second-order valence-electron chi connectivity index (χ2n) is 4.65. The van der Waals surface area contributed by atoms with Crippen molar-refractivity contribution in [3.8, 4) is 0 Å². The van der Waals surface area contributed by atoms with E-state index in [1.165, 1.54) is 12.1 Å². The molecule has 0 saturated carbocycles. The van der Waals surface area contributed by atoms with Crippen molar-refractivity contribution >= 4 is 0 Å². The fraction of sp³-hybridized carbons (Fsp3) is 0.571. The molecule has 0 aliphatic heterocycles. The van der Waals surface area contributed by atoms with Crippen LogP contribution in [0.5, 0.6) is 0 Å². The Morgan fingerprint density at radius 1 is 1.26 bits per heavy atom. The predicted molar refractivity (Wildman–Crippen MR) is 69.2 cm³/mol. The van der Waals surface area contributed by atoms with Crippen molar-refractivity contribution in [3.63, 3.8) is 0 Å². The van der Waals surface area contributed by atoms with Crippen molar-refractivity contribution in [2.45, 2.75) is 32.0 Å². The lowest BCUT2D eigenvalue weighted by Gasteiger charge is -2.22. The Hall–Kier alpha value is -1.07. The van der Waals surface area contributed by atoms with Gasteiger partial charge in [-0.05, 0) is 24.5 Å². The zero-order chi connectivity index (χ0) is 14.5. The number of benzene rings is 1. The molecule has 0 spiro atoms. The molecule has 1 aromatic carbocycles. The summed E-state index contributed by atoms with van der Waals surface area (Å²) < 4.78 is 42.9. The third-order valence-electron chi connectivity index (χ3n) is 3.26. The molecule has 0 aliphatic rings. The van der Waals surface area contributed by atoms with Crippen LogP contribution < -0.4 is 5.32 Å². The summed E-state index contributed by atoms with van der Waals surface area (Å²) in [7, 11) is 1.61. The van der Waals surface area contributed by atoms with E-state index in [9.17, 15) is 13.2 Å². The number of methoxy groups -OCH3 is 1. The summed E-state index contributed by atoms with van der Waals surface area (Å²) in [5, 5.41) is 3.23. The molecule has 0 saturated heterocycles. The summed E-state index contributed by atoms with van der Waals surface area (Å²) in [6.45, 7) is 5.14. The van der Waals surface area contributed by atoms with Crippen molar-refractivity contribution in [3.05, 3.63) is 35.4 Å². The average Bonchev–Trinajstić information content (AvgIpc) is 2.37. The van der Waals surface area contributed by atoms with Gasteiger partial charge < -0.3 is 10.1 Å². The summed E-state index contributed by atoms with van der Waals surface area (Å²) >= 11 is 0. The minimum atomic E-state index is -4.29. The minimum Gasteiger partial charge on any atom is -0.383 e. The Balaban J connectivity index is 2.73. The van der Waals surface area contributed by atoms with Crippen LogP contribution >= 0.6 is 0 Å². The van der Waals surface area contributed by atoms with Gasteiger partial charge in [0, 0.05) is 19.7 Å². The molecular formula is C14H20F3NO. The summed E-state index contributed by atoms with van der Waals surface area (Å²) in [5.74, 6) is -0.000781. The molecule has 1 N–H and O–H groups in total. The molecule has 2 atom stereocenters. The highest BCUT2D eigenvalue weighted by atomic mass is 19.4. The molecule has 0 heterocycles. The van der Waals surface area contributed by atoms with Gasteiger partial charge in [0.2, 0.25) is 0 Å². The van der Waals surface area contributed by atoms with Crippen LogP contribution in [-0.2, 0) is 10.9 Å². The summed E-state index contributed by atoms with van der Waals surface area (Å²) in [6, 6.07) is 5.59. The number of hydrogen-bond acceptors (Lipinski definition) is 2. The first-order valence-corrected chi connectivity index (χ1v) is 6.25. The van der Waals surface area contributed by atoms with Crippen molar-refractivity contribution in [2.75, 3.05) is 20.3 Å². The molecule has 108 valence electrons. The monoisotopic (exact) mass is 275 g/mol. The predicted octanol–water partition coefficient (Wildman–Crippen LogP) is 3.43. The number of rotatable bonds is 6. The normalized spacial score (nSPS) is 15.3. The van der Waals surface area contributed by atoms with Crippen LogP contribution in [-0.4, -0.2) is 26.3 Å². The molecule has 1 aromatic rings. The van der Waals surface area contributed by atoms with Crippen molar-refractivity contribution in [2.24, 2.45) is 0 Å². The van der Waals surface area contributed by atoms with Crippen molar-refractivity contribution in [1.82, 2.24) is 5.32 Å². The van der Waals surface area contributed by atoms with E-state index in [-0.39, 0.29) is 12.0 Å². The molecule has 2 unspecified atom stereocenters. The lowest BCUT2D eigenvalue weighted by Crippen LogP contribution is -2.33. The molecule has 0 amide bonds. The molecule has 0 fully saturated rings. The van der Waals surface area contributed by atoms with Crippen LogP contribution in [0.2, 0.25) is 0 Å². The minimum absolute atomic E-state index is 0.000781. The van der Waals surface area contributed by atoms with Crippen LogP contribution in [0.3, 0.4) is 0 Å². The van der Waals surface area contributed by atoms with Crippen LogP contribution in [0.4, 0.5) is 13.2 Å². The topological polar surface area (TPSA) is 21.3 Å². The molecule has 5 heteroatoms. The van der Waals surface area contributed by atoms with Crippen LogP contribution in [0.25, 0.3) is 0 Å². The van der Waals surface area contributed by atoms with Gasteiger partial charge in [-0.25, -0.2) is 0 Å². The first-order valence-electron chi connectivity index (χ1n) is 6.25. The molecule has 0 aliphatic carbocycles. The summed E-state index contributed by atoms with van der Waals surface area (Å²) in [4.78, 5) is 0. The number of alkyl halides is 3. The molecule has 2 nitrogen and oxygen atoms in total. The Bertz CT molecular complexity index is 393. The molecule has 1 rings (SSSR count). The molecular weight excluding hydrogens is 255 g/mol. The van der Waals surface area contributed by atoms with Crippen LogP contribution in [0.15, 0.2) is 24.3 Å². The Labute approximate surface area is 112 Å². The highest BCUT2D eigenvalue weighted by molar-refractivity contribution is 5.28. The SMILES string of the molecule is COCCNC(C)C(C)c1cccc(C(F)(F)F)c1. The maximum atomic E-state index is 12.6. The third-order valence-corrected chi connectivity index (χ3v) is 3.26. The largest absolute Gasteiger partial charge is 0.416 e. The first-order chi connectivity index (χ1) is 8.86. The van der Waals surface area contributed by atoms with Gasteiger partial charge in [-0.15, -0.1) is 0 Å². The van der Waals surface area contributed by atoms with E-state index >= 15 is 0 Å². The van der Waals surface area contributed by atoms with E-state index in [0.717, 1.165) is 6.07 Å². The second-order valence-corrected chi connectivity index (χ2v) is 4.65. The van der Waals surface area contributed by atoms with E-state index in [1.807, 2.05) is 13.8 Å². The Morgan fingerprint density at radius 2 is 1.95 bits per heavy atom. The lowest BCUT2D eigenvalue weighted by molar-refractivity contribution is -0.137. The van der Waals surface area contributed by atoms with Gasteiger partial charge >= 0.3 is 6.18 Å². The van der Waals surface area contributed by atoms with E-state index in [2.05, 4.69) is 5.32 Å². The van der Waals surface area contributed by atoms with E-state index in [4.69, 9.17) is 4.74 Å².